The number of carbonyl (C=O) groups is 1. The molecule has 1 saturated heterocycles. The summed E-state index contributed by atoms with van der Waals surface area (Å²) >= 11 is 7.66. The maximum absolute atomic E-state index is 13.4. The van der Waals surface area contributed by atoms with Crippen molar-refractivity contribution in [3.8, 4) is 11.1 Å². The van der Waals surface area contributed by atoms with Crippen molar-refractivity contribution in [3.63, 3.8) is 0 Å². The van der Waals surface area contributed by atoms with E-state index >= 15 is 0 Å². The lowest BCUT2D eigenvalue weighted by Gasteiger charge is -2.36. The largest absolute Gasteiger partial charge is 0.347 e. The zero-order valence-corrected chi connectivity index (χ0v) is 18.9. The van der Waals surface area contributed by atoms with Gasteiger partial charge in [0.05, 0.1) is 22.9 Å². The third-order valence-electron chi connectivity index (χ3n) is 5.36. The van der Waals surface area contributed by atoms with Crippen LogP contribution < -0.4 is 4.90 Å². The Hall–Kier alpha value is -2.51. The standard InChI is InChI=1S/C22H24ClN5OS/c1-14-20(30-13-25-14)21(29)28-10-5-4-9-18(28)19-17(12-24-22(26-19)27(2)3)15-7-6-8-16(23)11-15/h6-8,11-13,18H,4-5,9-10H2,1-3H3. The summed E-state index contributed by atoms with van der Waals surface area (Å²) in [5.41, 5.74) is 5.24. The highest BCUT2D eigenvalue weighted by Gasteiger charge is 2.33. The molecule has 0 bridgehead atoms. The quantitative estimate of drug-likeness (QED) is 0.570. The van der Waals surface area contributed by atoms with Gasteiger partial charge in [-0.25, -0.2) is 15.0 Å². The van der Waals surface area contributed by atoms with E-state index in [1.807, 2.05) is 61.3 Å². The molecule has 156 valence electrons. The maximum Gasteiger partial charge on any atom is 0.266 e. The first-order valence-electron chi connectivity index (χ1n) is 9.97. The monoisotopic (exact) mass is 441 g/mol. The second-order valence-corrected chi connectivity index (χ2v) is 8.94. The molecule has 4 rings (SSSR count). The van der Waals surface area contributed by atoms with Crippen molar-refractivity contribution in [3.05, 3.63) is 57.3 Å². The Balaban J connectivity index is 1.82. The van der Waals surface area contributed by atoms with Gasteiger partial charge in [0.15, 0.2) is 0 Å². The Bertz CT molecular complexity index is 1070. The fraction of sp³-hybridized carbons (Fsp3) is 0.364. The highest BCUT2D eigenvalue weighted by Crippen LogP contribution is 2.38. The van der Waals surface area contributed by atoms with Crippen molar-refractivity contribution >= 4 is 34.8 Å². The summed E-state index contributed by atoms with van der Waals surface area (Å²) in [5, 5.41) is 0.659. The lowest BCUT2D eigenvalue weighted by Crippen LogP contribution is -2.39. The molecule has 1 aromatic carbocycles. The highest BCUT2D eigenvalue weighted by atomic mass is 35.5. The van der Waals surface area contributed by atoms with E-state index in [4.69, 9.17) is 16.6 Å². The van der Waals surface area contributed by atoms with Crippen LogP contribution in [0.4, 0.5) is 5.95 Å². The summed E-state index contributed by atoms with van der Waals surface area (Å²) in [6, 6.07) is 7.57. The number of nitrogens with zero attached hydrogens (tertiary/aromatic N) is 5. The minimum Gasteiger partial charge on any atom is -0.347 e. The number of hydrogen-bond donors (Lipinski definition) is 0. The van der Waals surface area contributed by atoms with Crippen LogP contribution in [0.1, 0.15) is 46.4 Å². The summed E-state index contributed by atoms with van der Waals surface area (Å²) in [5.74, 6) is 0.657. The number of aromatic nitrogens is 3. The molecular weight excluding hydrogens is 418 g/mol. The molecular formula is C22H24ClN5OS. The molecule has 3 aromatic rings. The van der Waals surface area contributed by atoms with E-state index in [1.165, 1.54) is 11.3 Å². The van der Waals surface area contributed by atoms with Gasteiger partial charge in [-0.2, -0.15) is 0 Å². The lowest BCUT2D eigenvalue weighted by molar-refractivity contribution is 0.0611. The van der Waals surface area contributed by atoms with E-state index in [1.54, 1.807) is 5.51 Å². The molecule has 0 spiro atoms. The number of piperidine rings is 1. The molecule has 1 amide bonds. The normalized spacial score (nSPS) is 16.5. The Morgan fingerprint density at radius 2 is 2.10 bits per heavy atom. The molecule has 1 atom stereocenters. The first-order chi connectivity index (χ1) is 14.5. The summed E-state index contributed by atoms with van der Waals surface area (Å²) < 4.78 is 0. The van der Waals surface area contributed by atoms with Crippen LogP contribution in [0.3, 0.4) is 0 Å². The molecule has 1 fully saturated rings. The molecule has 8 heteroatoms. The number of anilines is 1. The van der Waals surface area contributed by atoms with Crippen molar-refractivity contribution < 1.29 is 4.79 Å². The van der Waals surface area contributed by atoms with Gasteiger partial charge in [0.25, 0.3) is 5.91 Å². The van der Waals surface area contributed by atoms with Crippen molar-refractivity contribution in [1.29, 1.82) is 0 Å². The maximum atomic E-state index is 13.4. The van der Waals surface area contributed by atoms with E-state index in [0.717, 1.165) is 41.8 Å². The second kappa shape index (κ2) is 8.70. The molecule has 0 aliphatic carbocycles. The van der Waals surface area contributed by atoms with Gasteiger partial charge in [-0.3, -0.25) is 4.79 Å². The number of carbonyl (C=O) groups excluding carboxylic acids is 1. The number of likely N-dealkylation sites (tertiary alicyclic amines) is 1. The minimum absolute atomic E-state index is 0.0294. The van der Waals surface area contributed by atoms with E-state index in [9.17, 15) is 4.79 Å². The van der Waals surface area contributed by atoms with E-state index in [0.29, 0.717) is 22.4 Å². The van der Waals surface area contributed by atoms with Crippen LogP contribution in [0.25, 0.3) is 11.1 Å². The van der Waals surface area contributed by atoms with Crippen LogP contribution in [0.2, 0.25) is 5.02 Å². The van der Waals surface area contributed by atoms with Crippen LogP contribution in [-0.2, 0) is 0 Å². The van der Waals surface area contributed by atoms with Crippen molar-refractivity contribution in [2.75, 3.05) is 25.5 Å². The molecule has 1 unspecified atom stereocenters. The third kappa shape index (κ3) is 4.04. The smallest absolute Gasteiger partial charge is 0.266 e. The first kappa shape index (κ1) is 20.8. The zero-order chi connectivity index (χ0) is 21.3. The summed E-state index contributed by atoms with van der Waals surface area (Å²) in [4.78, 5) is 31.7. The number of rotatable bonds is 4. The zero-order valence-electron chi connectivity index (χ0n) is 17.3. The van der Waals surface area contributed by atoms with Gasteiger partial charge in [0.2, 0.25) is 5.95 Å². The lowest BCUT2D eigenvalue weighted by atomic mass is 9.93. The minimum atomic E-state index is -0.122. The molecule has 1 aliphatic heterocycles. The van der Waals surface area contributed by atoms with Crippen molar-refractivity contribution in [2.24, 2.45) is 0 Å². The summed E-state index contributed by atoms with van der Waals surface area (Å²) in [6.45, 7) is 2.59. The number of amides is 1. The fourth-order valence-corrected chi connectivity index (χ4v) is 4.78. The molecule has 3 heterocycles. The van der Waals surface area contributed by atoms with Crippen molar-refractivity contribution in [1.82, 2.24) is 19.9 Å². The number of halogens is 1. The third-order valence-corrected chi connectivity index (χ3v) is 6.51. The summed E-state index contributed by atoms with van der Waals surface area (Å²) in [7, 11) is 3.84. The predicted molar refractivity (Wildman–Crippen MR) is 121 cm³/mol. The van der Waals surface area contributed by atoms with Gasteiger partial charge in [-0.1, -0.05) is 23.7 Å². The fourth-order valence-electron chi connectivity index (χ4n) is 3.83. The summed E-state index contributed by atoms with van der Waals surface area (Å²) in [6.07, 6.45) is 4.74. The van der Waals surface area contributed by atoms with Gasteiger partial charge in [-0.05, 0) is 43.9 Å². The van der Waals surface area contributed by atoms with Gasteiger partial charge in [0, 0.05) is 37.4 Å². The number of thiazole rings is 1. The van der Waals surface area contributed by atoms with E-state index in [2.05, 4.69) is 9.97 Å². The van der Waals surface area contributed by atoms with Crippen LogP contribution in [0, 0.1) is 6.92 Å². The van der Waals surface area contributed by atoms with Crippen LogP contribution in [-0.4, -0.2) is 46.4 Å². The molecule has 0 saturated carbocycles. The Kier molecular flexibility index (Phi) is 6.01. The van der Waals surface area contributed by atoms with Crippen LogP contribution in [0.15, 0.2) is 36.0 Å². The number of hydrogen-bond acceptors (Lipinski definition) is 6. The SMILES string of the molecule is Cc1ncsc1C(=O)N1CCCCC1c1nc(N(C)C)ncc1-c1cccc(Cl)c1. The number of aryl methyl sites for hydroxylation is 1. The molecule has 6 nitrogen and oxygen atoms in total. The van der Waals surface area contributed by atoms with Crippen molar-refractivity contribution in [2.45, 2.75) is 32.2 Å². The molecule has 0 N–H and O–H groups in total. The molecule has 2 aromatic heterocycles. The Morgan fingerprint density at radius 3 is 2.80 bits per heavy atom. The molecule has 30 heavy (non-hydrogen) atoms. The highest BCUT2D eigenvalue weighted by molar-refractivity contribution is 7.11. The van der Waals surface area contributed by atoms with Crippen LogP contribution >= 0.6 is 22.9 Å². The Morgan fingerprint density at radius 1 is 1.27 bits per heavy atom. The number of benzene rings is 1. The van der Waals surface area contributed by atoms with E-state index < -0.39 is 0 Å². The second-order valence-electron chi connectivity index (χ2n) is 7.65. The van der Waals surface area contributed by atoms with Gasteiger partial charge in [-0.15, -0.1) is 11.3 Å². The van der Waals surface area contributed by atoms with Gasteiger partial charge < -0.3 is 9.80 Å². The first-order valence-corrected chi connectivity index (χ1v) is 11.2. The topological polar surface area (TPSA) is 62.2 Å². The predicted octanol–water partition coefficient (Wildman–Crippen LogP) is 5.00. The van der Waals surface area contributed by atoms with Gasteiger partial charge in [0.1, 0.15) is 4.88 Å². The van der Waals surface area contributed by atoms with Crippen LogP contribution in [0.5, 0.6) is 0 Å². The Labute approximate surface area is 185 Å². The molecule has 0 radical (unpaired) electrons. The van der Waals surface area contributed by atoms with Gasteiger partial charge >= 0.3 is 0 Å². The average Bonchev–Trinajstić information content (AvgIpc) is 3.18. The van der Waals surface area contributed by atoms with E-state index in [-0.39, 0.29) is 11.9 Å². The molecule has 1 aliphatic rings. The average molecular weight is 442 g/mol.